The Morgan fingerprint density at radius 1 is 1.39 bits per heavy atom. The maximum absolute atomic E-state index is 13.4. The summed E-state index contributed by atoms with van der Waals surface area (Å²) >= 11 is 8.58. The van der Waals surface area contributed by atoms with E-state index in [1.54, 1.807) is 23.6 Å². The smallest absolute Gasteiger partial charge is 0.165 e. The first-order chi connectivity index (χ1) is 11.1. The standard InChI is InChI=1S/C16H14Br2FN3S/c1-2-22-11(9-17)8-14(12-4-3-10(19)7-13(12)18)21-15(22)16-20-5-6-23-16/h3-8,14H,2,9H2,1H3/t14-/m1/s1. The molecule has 23 heavy (non-hydrogen) atoms. The highest BCUT2D eigenvalue weighted by molar-refractivity contribution is 9.10. The second-order valence-electron chi connectivity index (χ2n) is 4.94. The fraction of sp³-hybridized carbons (Fsp3) is 0.250. The van der Waals surface area contributed by atoms with Crippen LogP contribution in [0.4, 0.5) is 4.39 Å². The molecule has 0 N–H and O–H groups in total. The minimum atomic E-state index is -0.263. The molecule has 3 rings (SSSR count). The van der Waals surface area contributed by atoms with Gasteiger partial charge in [0.15, 0.2) is 10.8 Å². The Kier molecular flexibility index (Phi) is 5.28. The molecule has 0 aliphatic carbocycles. The zero-order valence-corrected chi connectivity index (χ0v) is 16.3. The number of allylic oxidation sites excluding steroid dienone is 1. The van der Waals surface area contributed by atoms with E-state index in [9.17, 15) is 4.39 Å². The van der Waals surface area contributed by atoms with Crippen molar-refractivity contribution in [1.29, 1.82) is 0 Å². The molecule has 1 aliphatic heterocycles. The summed E-state index contributed by atoms with van der Waals surface area (Å²) < 4.78 is 14.1. The topological polar surface area (TPSA) is 28.5 Å². The maximum atomic E-state index is 13.4. The summed E-state index contributed by atoms with van der Waals surface area (Å²) in [5.41, 5.74) is 2.07. The quantitative estimate of drug-likeness (QED) is 0.593. The molecule has 1 atom stereocenters. The molecule has 1 aliphatic rings. The number of amidine groups is 1. The minimum Gasteiger partial charge on any atom is -0.328 e. The van der Waals surface area contributed by atoms with Crippen molar-refractivity contribution < 1.29 is 4.39 Å². The average Bonchev–Trinajstić information content (AvgIpc) is 3.08. The Morgan fingerprint density at radius 3 is 2.83 bits per heavy atom. The lowest BCUT2D eigenvalue weighted by Gasteiger charge is -2.31. The first-order valence-corrected chi connectivity index (χ1v) is 9.90. The lowest BCUT2D eigenvalue weighted by atomic mass is 10.0. The summed E-state index contributed by atoms with van der Waals surface area (Å²) in [7, 11) is 0. The average molecular weight is 459 g/mol. The number of benzene rings is 1. The predicted octanol–water partition coefficient (Wildman–Crippen LogP) is 5.15. The summed E-state index contributed by atoms with van der Waals surface area (Å²) in [5.74, 6) is 0.598. The van der Waals surface area contributed by atoms with Gasteiger partial charge < -0.3 is 4.90 Å². The van der Waals surface area contributed by atoms with Crippen molar-refractivity contribution in [3.8, 4) is 0 Å². The van der Waals surface area contributed by atoms with Crippen LogP contribution in [0.25, 0.3) is 0 Å². The Hall–Kier alpha value is -1.05. The van der Waals surface area contributed by atoms with Gasteiger partial charge in [-0.2, -0.15) is 0 Å². The van der Waals surface area contributed by atoms with E-state index in [4.69, 9.17) is 4.99 Å². The van der Waals surface area contributed by atoms with Gasteiger partial charge in [0.25, 0.3) is 0 Å². The monoisotopic (exact) mass is 457 g/mol. The highest BCUT2D eigenvalue weighted by Gasteiger charge is 2.26. The van der Waals surface area contributed by atoms with Crippen molar-refractivity contribution in [2.75, 3.05) is 11.9 Å². The third kappa shape index (κ3) is 3.41. The molecule has 0 spiro atoms. The molecule has 0 unspecified atom stereocenters. The predicted molar refractivity (Wildman–Crippen MR) is 99.7 cm³/mol. The first-order valence-electron chi connectivity index (χ1n) is 7.10. The SMILES string of the molecule is CCN1C(CBr)=C[C@H](c2ccc(F)cc2Br)N=C1c1nccs1. The molecule has 0 saturated heterocycles. The van der Waals surface area contributed by atoms with Crippen LogP contribution in [0.5, 0.6) is 0 Å². The van der Waals surface area contributed by atoms with Gasteiger partial charge in [-0.1, -0.05) is 37.9 Å². The Balaban J connectivity index is 2.09. The van der Waals surface area contributed by atoms with Crippen LogP contribution in [-0.2, 0) is 0 Å². The summed E-state index contributed by atoms with van der Waals surface area (Å²) in [4.78, 5) is 11.4. The number of hydrogen-bond acceptors (Lipinski definition) is 4. The van der Waals surface area contributed by atoms with E-state index >= 15 is 0 Å². The van der Waals surface area contributed by atoms with Gasteiger partial charge in [-0.05, 0) is 30.7 Å². The van der Waals surface area contributed by atoms with E-state index in [0.717, 1.165) is 38.5 Å². The Bertz CT molecular complexity index is 759. The number of halogens is 3. The lowest BCUT2D eigenvalue weighted by molar-refractivity contribution is 0.521. The number of rotatable bonds is 4. The Labute approximate surface area is 155 Å². The number of nitrogens with zero attached hydrogens (tertiary/aromatic N) is 3. The number of alkyl halides is 1. The van der Waals surface area contributed by atoms with Crippen LogP contribution in [0.3, 0.4) is 0 Å². The maximum Gasteiger partial charge on any atom is 0.165 e. The van der Waals surface area contributed by atoms with Crippen LogP contribution < -0.4 is 0 Å². The summed E-state index contributed by atoms with van der Waals surface area (Å²) in [5, 5.41) is 3.56. The third-order valence-electron chi connectivity index (χ3n) is 3.57. The summed E-state index contributed by atoms with van der Waals surface area (Å²) in [6, 6.07) is 4.55. The zero-order valence-electron chi connectivity index (χ0n) is 12.3. The van der Waals surface area contributed by atoms with Gasteiger partial charge in [-0.25, -0.2) is 9.37 Å². The van der Waals surface area contributed by atoms with E-state index in [1.165, 1.54) is 12.1 Å². The van der Waals surface area contributed by atoms with Gasteiger partial charge in [0.2, 0.25) is 0 Å². The molecule has 1 aromatic heterocycles. The van der Waals surface area contributed by atoms with E-state index in [0.29, 0.717) is 0 Å². The molecule has 2 heterocycles. The van der Waals surface area contributed by atoms with Crippen LogP contribution >= 0.6 is 43.2 Å². The highest BCUT2D eigenvalue weighted by atomic mass is 79.9. The molecule has 0 bridgehead atoms. The molecule has 0 radical (unpaired) electrons. The lowest BCUT2D eigenvalue weighted by Crippen LogP contribution is -2.34. The van der Waals surface area contributed by atoms with Gasteiger partial charge >= 0.3 is 0 Å². The van der Waals surface area contributed by atoms with Crippen molar-refractivity contribution >= 4 is 49.0 Å². The largest absolute Gasteiger partial charge is 0.328 e. The number of aromatic nitrogens is 1. The van der Waals surface area contributed by atoms with Gasteiger partial charge in [0, 0.05) is 33.6 Å². The number of hydrogen-bond donors (Lipinski definition) is 0. The highest BCUT2D eigenvalue weighted by Crippen LogP contribution is 2.34. The zero-order chi connectivity index (χ0) is 16.4. The molecule has 120 valence electrons. The molecule has 0 saturated carbocycles. The molecule has 0 amide bonds. The van der Waals surface area contributed by atoms with Crippen LogP contribution in [0.1, 0.15) is 23.5 Å². The van der Waals surface area contributed by atoms with Crippen LogP contribution in [-0.4, -0.2) is 27.6 Å². The van der Waals surface area contributed by atoms with Gasteiger partial charge in [0.05, 0.1) is 6.04 Å². The first kappa shape index (κ1) is 16.8. The summed E-state index contributed by atoms with van der Waals surface area (Å²) in [6.45, 7) is 2.90. The van der Waals surface area contributed by atoms with Crippen molar-refractivity contribution in [2.45, 2.75) is 13.0 Å². The Morgan fingerprint density at radius 2 is 2.22 bits per heavy atom. The normalized spacial score (nSPS) is 17.9. The van der Waals surface area contributed by atoms with Crippen molar-refractivity contribution in [3.05, 3.63) is 62.4 Å². The second kappa shape index (κ2) is 7.23. The van der Waals surface area contributed by atoms with Crippen LogP contribution in [0.15, 0.2) is 51.0 Å². The third-order valence-corrected chi connectivity index (χ3v) is 5.60. The minimum absolute atomic E-state index is 0.167. The molecule has 7 heteroatoms. The van der Waals surface area contributed by atoms with Gasteiger partial charge in [0.1, 0.15) is 5.82 Å². The van der Waals surface area contributed by atoms with Crippen LogP contribution in [0, 0.1) is 5.82 Å². The molecule has 0 fully saturated rings. The fourth-order valence-corrected chi connectivity index (χ4v) is 4.24. The van der Waals surface area contributed by atoms with E-state index in [2.05, 4.69) is 54.7 Å². The van der Waals surface area contributed by atoms with Crippen LogP contribution in [0.2, 0.25) is 0 Å². The van der Waals surface area contributed by atoms with Gasteiger partial charge in [-0.3, -0.25) is 4.99 Å². The van der Waals surface area contributed by atoms with E-state index < -0.39 is 0 Å². The van der Waals surface area contributed by atoms with E-state index in [1.807, 2.05) is 5.38 Å². The number of thiazole rings is 1. The fourth-order valence-electron chi connectivity index (χ4n) is 2.52. The van der Waals surface area contributed by atoms with E-state index in [-0.39, 0.29) is 11.9 Å². The summed E-state index contributed by atoms with van der Waals surface area (Å²) in [6.07, 6.45) is 3.89. The molecule has 3 nitrogen and oxygen atoms in total. The van der Waals surface area contributed by atoms with Crippen molar-refractivity contribution in [3.63, 3.8) is 0 Å². The molecule has 1 aromatic carbocycles. The molecule has 2 aromatic rings. The second-order valence-corrected chi connectivity index (χ2v) is 7.25. The molecular weight excluding hydrogens is 445 g/mol. The van der Waals surface area contributed by atoms with Crippen molar-refractivity contribution in [2.24, 2.45) is 4.99 Å². The van der Waals surface area contributed by atoms with Crippen molar-refractivity contribution in [1.82, 2.24) is 9.88 Å². The molecular formula is C16H14Br2FN3S. The number of aliphatic imine (C=N–C) groups is 1. The van der Waals surface area contributed by atoms with Gasteiger partial charge in [-0.15, -0.1) is 11.3 Å².